The Labute approximate surface area is 179 Å². The van der Waals surface area contributed by atoms with Crippen molar-refractivity contribution < 1.29 is 18.9 Å². The summed E-state index contributed by atoms with van der Waals surface area (Å²) < 4.78 is 5.27. The van der Waals surface area contributed by atoms with E-state index in [9.17, 15) is 14.4 Å². The molecule has 1 aliphatic heterocycles. The van der Waals surface area contributed by atoms with E-state index in [0.29, 0.717) is 29.3 Å². The number of carbonyl (C=O) groups excluding carboxylic acids is 3. The number of rotatable bonds is 7. The molecule has 0 unspecified atom stereocenters. The summed E-state index contributed by atoms with van der Waals surface area (Å²) in [5, 5.41) is 3.97. The lowest BCUT2D eigenvalue weighted by atomic mass is 10.1. The van der Waals surface area contributed by atoms with Crippen LogP contribution >= 0.6 is 0 Å². The molecule has 0 N–H and O–H groups in total. The van der Waals surface area contributed by atoms with Crippen molar-refractivity contribution in [3.63, 3.8) is 0 Å². The van der Waals surface area contributed by atoms with Gasteiger partial charge in [-0.15, -0.1) is 0 Å². The first-order valence-corrected chi connectivity index (χ1v) is 10.0. The molecule has 158 valence electrons. The van der Waals surface area contributed by atoms with Crippen LogP contribution in [0.1, 0.15) is 45.0 Å². The molecule has 0 saturated heterocycles. The lowest BCUT2D eigenvalue weighted by Crippen LogP contribution is -2.32. The third kappa shape index (κ3) is 4.23. The predicted molar refractivity (Wildman–Crippen MR) is 112 cm³/mol. The maximum Gasteiger partial charge on any atom is 0.261 e. The fraction of sp³-hybridized carbons (Fsp3) is 0.261. The number of hydrogen-bond donors (Lipinski definition) is 0. The first-order valence-electron chi connectivity index (χ1n) is 10.0. The molecule has 4 rings (SSSR count). The molecule has 31 heavy (non-hydrogen) atoms. The number of benzene rings is 2. The monoisotopic (exact) mass is 418 g/mol. The van der Waals surface area contributed by atoms with Gasteiger partial charge in [0.25, 0.3) is 11.8 Å². The first kappa shape index (κ1) is 20.5. The third-order valence-corrected chi connectivity index (χ3v) is 5.23. The Morgan fingerprint density at radius 2 is 1.68 bits per heavy atom. The van der Waals surface area contributed by atoms with Gasteiger partial charge in [-0.25, -0.2) is 0 Å². The third-order valence-electron chi connectivity index (χ3n) is 5.23. The second-order valence-corrected chi connectivity index (χ2v) is 7.54. The molecule has 0 aliphatic carbocycles. The van der Waals surface area contributed by atoms with Crippen LogP contribution in [0.5, 0.6) is 0 Å². The van der Waals surface area contributed by atoms with E-state index in [1.165, 1.54) is 9.80 Å². The molecule has 0 fully saturated rings. The fourth-order valence-electron chi connectivity index (χ4n) is 3.45. The van der Waals surface area contributed by atoms with E-state index in [1.807, 2.05) is 31.2 Å². The van der Waals surface area contributed by atoms with Crippen LogP contribution in [0.3, 0.4) is 0 Å². The largest absolute Gasteiger partial charge is 0.337 e. The zero-order chi connectivity index (χ0) is 22.0. The van der Waals surface area contributed by atoms with E-state index in [1.54, 1.807) is 31.3 Å². The number of carbonyl (C=O) groups is 3. The van der Waals surface area contributed by atoms with Crippen molar-refractivity contribution in [1.29, 1.82) is 0 Å². The van der Waals surface area contributed by atoms with Crippen molar-refractivity contribution in [2.45, 2.75) is 26.3 Å². The Morgan fingerprint density at radius 3 is 2.32 bits per heavy atom. The molecular formula is C23H22N4O4. The highest BCUT2D eigenvalue weighted by Crippen LogP contribution is 2.23. The maximum atomic E-state index is 12.5. The number of imide groups is 1. The normalized spacial score (nSPS) is 12.9. The molecule has 8 nitrogen and oxygen atoms in total. The number of hydrogen-bond acceptors (Lipinski definition) is 6. The van der Waals surface area contributed by atoms with Crippen molar-refractivity contribution in [3.05, 3.63) is 71.1 Å². The average Bonchev–Trinajstić information content (AvgIpc) is 3.33. The molecule has 3 aromatic rings. The SMILES string of the molecule is Cc1ccc(-c2noc(CN(C)C(=O)CCCN3C(=O)c4ccccc4C3=O)n2)cc1. The van der Waals surface area contributed by atoms with Gasteiger partial charge in [-0.1, -0.05) is 47.1 Å². The molecule has 1 aromatic heterocycles. The van der Waals surface area contributed by atoms with Crippen LogP contribution in [0, 0.1) is 6.92 Å². The van der Waals surface area contributed by atoms with Gasteiger partial charge in [0, 0.05) is 25.6 Å². The summed E-state index contributed by atoms with van der Waals surface area (Å²) >= 11 is 0. The molecule has 0 atom stereocenters. The number of amides is 3. The summed E-state index contributed by atoms with van der Waals surface area (Å²) in [6.07, 6.45) is 0.579. The topological polar surface area (TPSA) is 96.6 Å². The van der Waals surface area contributed by atoms with Gasteiger partial charge in [-0.2, -0.15) is 4.98 Å². The van der Waals surface area contributed by atoms with Gasteiger partial charge < -0.3 is 9.42 Å². The summed E-state index contributed by atoms with van der Waals surface area (Å²) in [6.45, 7) is 2.38. The van der Waals surface area contributed by atoms with Crippen LogP contribution in [0.25, 0.3) is 11.4 Å². The second kappa shape index (κ2) is 8.51. The summed E-state index contributed by atoms with van der Waals surface area (Å²) in [6, 6.07) is 14.5. The van der Waals surface area contributed by atoms with Gasteiger partial charge in [0.1, 0.15) is 0 Å². The van der Waals surface area contributed by atoms with Gasteiger partial charge in [0.2, 0.25) is 17.6 Å². The molecule has 1 aliphatic rings. The Morgan fingerprint density at radius 1 is 1.03 bits per heavy atom. The lowest BCUT2D eigenvalue weighted by Gasteiger charge is -2.17. The fourth-order valence-corrected chi connectivity index (χ4v) is 3.45. The number of fused-ring (bicyclic) bond motifs is 1. The Hall–Kier alpha value is -3.81. The van der Waals surface area contributed by atoms with Gasteiger partial charge in [0.05, 0.1) is 17.7 Å². The number of aromatic nitrogens is 2. The van der Waals surface area contributed by atoms with Crippen LogP contribution < -0.4 is 0 Å². The van der Waals surface area contributed by atoms with E-state index in [0.717, 1.165) is 11.1 Å². The summed E-state index contributed by atoms with van der Waals surface area (Å²) in [5.74, 6) is 0.0618. The van der Waals surface area contributed by atoms with Crippen molar-refractivity contribution in [2.75, 3.05) is 13.6 Å². The summed E-state index contributed by atoms with van der Waals surface area (Å²) in [7, 11) is 1.65. The van der Waals surface area contributed by atoms with E-state index in [4.69, 9.17) is 4.52 Å². The molecule has 3 amide bonds. The van der Waals surface area contributed by atoms with E-state index < -0.39 is 0 Å². The highest BCUT2D eigenvalue weighted by atomic mass is 16.5. The molecule has 0 saturated carbocycles. The van der Waals surface area contributed by atoms with Crippen LogP contribution in [-0.4, -0.2) is 51.3 Å². The van der Waals surface area contributed by atoms with E-state index in [-0.39, 0.29) is 37.2 Å². The minimum Gasteiger partial charge on any atom is -0.337 e. The Kier molecular flexibility index (Phi) is 5.62. The molecular weight excluding hydrogens is 396 g/mol. The summed E-state index contributed by atoms with van der Waals surface area (Å²) in [5.41, 5.74) is 2.81. The molecule has 2 aromatic carbocycles. The predicted octanol–water partition coefficient (Wildman–Crippen LogP) is 3.08. The summed E-state index contributed by atoms with van der Waals surface area (Å²) in [4.78, 5) is 44.3. The molecule has 0 bridgehead atoms. The van der Waals surface area contributed by atoms with E-state index in [2.05, 4.69) is 10.1 Å². The van der Waals surface area contributed by atoms with Crippen LogP contribution in [0.4, 0.5) is 0 Å². The smallest absolute Gasteiger partial charge is 0.261 e. The molecule has 0 spiro atoms. The lowest BCUT2D eigenvalue weighted by molar-refractivity contribution is -0.130. The number of aryl methyl sites for hydroxylation is 1. The second-order valence-electron chi connectivity index (χ2n) is 7.54. The van der Waals surface area contributed by atoms with Crippen molar-refractivity contribution >= 4 is 17.7 Å². The molecule has 2 heterocycles. The standard InChI is InChI=1S/C23H22N4O4/c1-15-9-11-16(12-10-15)21-24-19(31-25-21)14-26(2)20(28)8-5-13-27-22(29)17-6-3-4-7-18(17)23(27)30/h3-4,6-7,9-12H,5,8,13-14H2,1-2H3. The highest BCUT2D eigenvalue weighted by molar-refractivity contribution is 6.21. The Balaban J connectivity index is 1.28. The van der Waals surface area contributed by atoms with Gasteiger partial charge in [-0.3, -0.25) is 19.3 Å². The zero-order valence-electron chi connectivity index (χ0n) is 17.4. The molecule has 0 radical (unpaired) electrons. The highest BCUT2D eigenvalue weighted by Gasteiger charge is 2.34. The van der Waals surface area contributed by atoms with Gasteiger partial charge in [-0.05, 0) is 25.5 Å². The minimum absolute atomic E-state index is 0.133. The molecule has 8 heteroatoms. The first-order chi connectivity index (χ1) is 14.9. The van der Waals surface area contributed by atoms with Crippen LogP contribution in [-0.2, 0) is 11.3 Å². The average molecular weight is 418 g/mol. The minimum atomic E-state index is -0.309. The quantitative estimate of drug-likeness (QED) is 0.547. The van der Waals surface area contributed by atoms with E-state index >= 15 is 0 Å². The van der Waals surface area contributed by atoms with Gasteiger partial charge in [0.15, 0.2) is 0 Å². The van der Waals surface area contributed by atoms with Crippen molar-refractivity contribution in [3.8, 4) is 11.4 Å². The van der Waals surface area contributed by atoms with Crippen LogP contribution in [0.15, 0.2) is 53.1 Å². The maximum absolute atomic E-state index is 12.5. The van der Waals surface area contributed by atoms with Crippen molar-refractivity contribution in [2.24, 2.45) is 0 Å². The van der Waals surface area contributed by atoms with Crippen molar-refractivity contribution in [1.82, 2.24) is 19.9 Å². The number of nitrogens with zero attached hydrogens (tertiary/aromatic N) is 4. The van der Waals surface area contributed by atoms with Crippen LogP contribution in [0.2, 0.25) is 0 Å². The van der Waals surface area contributed by atoms with Gasteiger partial charge >= 0.3 is 0 Å². The zero-order valence-corrected chi connectivity index (χ0v) is 17.4. The Bertz CT molecular complexity index is 1100.